The van der Waals surface area contributed by atoms with Gasteiger partial charge in [-0.15, -0.1) is 0 Å². The predicted octanol–water partition coefficient (Wildman–Crippen LogP) is 2.75. The first-order chi connectivity index (χ1) is 9.47. The van der Waals surface area contributed by atoms with Crippen LogP contribution >= 0.6 is 15.9 Å². The number of benzene rings is 1. The van der Waals surface area contributed by atoms with Gasteiger partial charge in [0.2, 0.25) is 0 Å². The second-order valence-electron chi connectivity index (χ2n) is 4.40. The molecule has 0 radical (unpaired) electrons. The van der Waals surface area contributed by atoms with Crippen LogP contribution in [0.15, 0.2) is 45.6 Å². The number of ether oxygens (including phenoxy) is 1. The van der Waals surface area contributed by atoms with Gasteiger partial charge in [0.1, 0.15) is 0 Å². The summed E-state index contributed by atoms with van der Waals surface area (Å²) >= 11 is 3.43. The zero-order valence-electron chi connectivity index (χ0n) is 11.4. The molecule has 5 heteroatoms. The fraction of sp³-hybridized carbons (Fsp3) is 0.200. The molecule has 1 heterocycles. The normalized spacial score (nSPS) is 17.1. The van der Waals surface area contributed by atoms with Crippen molar-refractivity contribution in [1.82, 2.24) is 4.90 Å². The summed E-state index contributed by atoms with van der Waals surface area (Å²) in [6, 6.07) is 7.50. The van der Waals surface area contributed by atoms with Gasteiger partial charge in [-0.1, -0.05) is 34.1 Å². The Kier molecular flexibility index (Phi) is 4.09. The summed E-state index contributed by atoms with van der Waals surface area (Å²) < 4.78 is 5.63. The molecule has 1 aliphatic rings. The van der Waals surface area contributed by atoms with Crippen molar-refractivity contribution >= 4 is 33.9 Å². The minimum absolute atomic E-state index is 0.210. The highest BCUT2D eigenvalue weighted by Crippen LogP contribution is 2.31. The van der Waals surface area contributed by atoms with Crippen molar-refractivity contribution in [3.05, 3.63) is 51.1 Å². The van der Waals surface area contributed by atoms with E-state index >= 15 is 0 Å². The second-order valence-corrected chi connectivity index (χ2v) is 5.25. The number of allylic oxidation sites excluding steroid dienone is 1. The van der Waals surface area contributed by atoms with Crippen LogP contribution in [-0.4, -0.2) is 30.9 Å². The van der Waals surface area contributed by atoms with Crippen molar-refractivity contribution < 1.29 is 14.3 Å². The van der Waals surface area contributed by atoms with Crippen molar-refractivity contribution in [1.29, 1.82) is 0 Å². The van der Waals surface area contributed by atoms with Crippen LogP contribution in [0, 0.1) is 0 Å². The molecule has 2 rings (SSSR count). The van der Waals surface area contributed by atoms with Crippen LogP contribution in [0.25, 0.3) is 6.08 Å². The SMILES string of the molecule is COC(=O)C1=C(C)N(C)C(=O)/C1=C\c1ccccc1Br. The summed E-state index contributed by atoms with van der Waals surface area (Å²) in [5, 5.41) is 0. The van der Waals surface area contributed by atoms with Gasteiger partial charge in [0.05, 0.1) is 18.3 Å². The molecule has 4 nitrogen and oxygen atoms in total. The lowest BCUT2D eigenvalue weighted by Gasteiger charge is -2.08. The molecule has 104 valence electrons. The number of methoxy groups -OCH3 is 1. The topological polar surface area (TPSA) is 46.6 Å². The maximum absolute atomic E-state index is 12.3. The van der Waals surface area contributed by atoms with Crippen molar-refractivity contribution in [2.45, 2.75) is 6.92 Å². The Bertz CT molecular complexity index is 646. The molecule has 1 aromatic carbocycles. The first-order valence-electron chi connectivity index (χ1n) is 6.01. The average molecular weight is 336 g/mol. The van der Waals surface area contributed by atoms with Crippen LogP contribution in [0.5, 0.6) is 0 Å². The lowest BCUT2D eigenvalue weighted by molar-refractivity contribution is -0.136. The van der Waals surface area contributed by atoms with E-state index in [1.165, 1.54) is 12.0 Å². The number of likely N-dealkylation sites (N-methyl/N-ethyl adjacent to an activating group) is 1. The van der Waals surface area contributed by atoms with E-state index in [1.54, 1.807) is 20.0 Å². The summed E-state index contributed by atoms with van der Waals surface area (Å²) in [5.41, 5.74) is 2.10. The standard InChI is InChI=1S/C15H14BrNO3/c1-9-13(15(19)20-3)11(14(18)17(9)2)8-10-6-4-5-7-12(10)16/h4-8H,1-3H3/b11-8-. The van der Waals surface area contributed by atoms with E-state index in [0.29, 0.717) is 16.8 Å². The molecule has 20 heavy (non-hydrogen) atoms. The first-order valence-corrected chi connectivity index (χ1v) is 6.80. The van der Waals surface area contributed by atoms with Gasteiger partial charge < -0.3 is 9.64 Å². The Balaban J connectivity index is 2.57. The molecular weight excluding hydrogens is 322 g/mol. The minimum atomic E-state index is -0.501. The van der Waals surface area contributed by atoms with Crippen LogP contribution in [0.3, 0.4) is 0 Å². The molecule has 0 spiro atoms. The molecule has 1 aromatic rings. The van der Waals surface area contributed by atoms with E-state index < -0.39 is 5.97 Å². The molecule has 0 unspecified atom stereocenters. The molecule has 0 aliphatic carbocycles. The van der Waals surface area contributed by atoms with Crippen LogP contribution < -0.4 is 0 Å². The van der Waals surface area contributed by atoms with Crippen LogP contribution in [0.2, 0.25) is 0 Å². The first kappa shape index (κ1) is 14.5. The van der Waals surface area contributed by atoms with Crippen molar-refractivity contribution in [3.63, 3.8) is 0 Å². The third-order valence-corrected chi connectivity index (χ3v) is 3.99. The van der Waals surface area contributed by atoms with Gasteiger partial charge in [0, 0.05) is 17.2 Å². The Hall–Kier alpha value is -1.88. The molecule has 0 saturated carbocycles. The lowest BCUT2D eigenvalue weighted by atomic mass is 10.0. The van der Waals surface area contributed by atoms with Gasteiger partial charge in [0.15, 0.2) is 0 Å². The molecule has 0 fully saturated rings. The van der Waals surface area contributed by atoms with Crippen LogP contribution in [0.1, 0.15) is 12.5 Å². The van der Waals surface area contributed by atoms with E-state index in [0.717, 1.165) is 10.0 Å². The molecule has 0 bridgehead atoms. The highest BCUT2D eigenvalue weighted by atomic mass is 79.9. The molecule has 0 aromatic heterocycles. The number of nitrogens with zero attached hydrogens (tertiary/aromatic N) is 1. The van der Waals surface area contributed by atoms with E-state index in [4.69, 9.17) is 4.74 Å². The van der Waals surface area contributed by atoms with E-state index in [-0.39, 0.29) is 5.91 Å². The second kappa shape index (κ2) is 5.63. The fourth-order valence-corrected chi connectivity index (χ4v) is 2.44. The monoisotopic (exact) mass is 335 g/mol. The zero-order valence-corrected chi connectivity index (χ0v) is 13.0. The summed E-state index contributed by atoms with van der Waals surface area (Å²) in [7, 11) is 2.95. The number of carbonyl (C=O) groups excluding carboxylic acids is 2. The Morgan fingerprint density at radius 1 is 1.35 bits per heavy atom. The zero-order chi connectivity index (χ0) is 14.9. The van der Waals surface area contributed by atoms with E-state index in [9.17, 15) is 9.59 Å². The Morgan fingerprint density at radius 3 is 2.60 bits per heavy atom. The molecule has 1 aliphatic heterocycles. The number of halogens is 1. The maximum atomic E-state index is 12.3. The minimum Gasteiger partial charge on any atom is -0.465 e. The van der Waals surface area contributed by atoms with Crippen LogP contribution in [-0.2, 0) is 14.3 Å². The van der Waals surface area contributed by atoms with Gasteiger partial charge in [0.25, 0.3) is 5.91 Å². The fourth-order valence-electron chi connectivity index (χ4n) is 2.04. The van der Waals surface area contributed by atoms with E-state index in [2.05, 4.69) is 15.9 Å². The maximum Gasteiger partial charge on any atom is 0.340 e. The predicted molar refractivity (Wildman–Crippen MR) is 79.6 cm³/mol. The van der Waals surface area contributed by atoms with Gasteiger partial charge in [-0.2, -0.15) is 0 Å². The number of esters is 1. The third kappa shape index (κ3) is 2.41. The summed E-state index contributed by atoms with van der Waals surface area (Å²) in [5.74, 6) is -0.711. The number of hydrogen-bond acceptors (Lipinski definition) is 3. The quantitative estimate of drug-likeness (QED) is 0.616. The van der Waals surface area contributed by atoms with Gasteiger partial charge in [-0.3, -0.25) is 4.79 Å². The lowest BCUT2D eigenvalue weighted by Crippen LogP contribution is -2.19. The number of carbonyl (C=O) groups is 2. The van der Waals surface area contributed by atoms with Gasteiger partial charge in [-0.05, 0) is 24.6 Å². The highest BCUT2D eigenvalue weighted by molar-refractivity contribution is 9.10. The van der Waals surface area contributed by atoms with Gasteiger partial charge >= 0.3 is 5.97 Å². The number of amides is 1. The molecule has 0 saturated heterocycles. The average Bonchev–Trinajstić information content (AvgIpc) is 2.65. The third-order valence-electron chi connectivity index (χ3n) is 3.26. The molecule has 1 amide bonds. The highest BCUT2D eigenvalue weighted by Gasteiger charge is 2.34. The number of rotatable bonds is 2. The molecular formula is C15H14BrNO3. The largest absolute Gasteiger partial charge is 0.465 e. The smallest absolute Gasteiger partial charge is 0.340 e. The Morgan fingerprint density at radius 2 is 2.00 bits per heavy atom. The molecule has 0 N–H and O–H groups in total. The van der Waals surface area contributed by atoms with Crippen molar-refractivity contribution in [3.8, 4) is 0 Å². The van der Waals surface area contributed by atoms with Crippen molar-refractivity contribution in [2.75, 3.05) is 14.2 Å². The van der Waals surface area contributed by atoms with E-state index in [1.807, 2.05) is 24.3 Å². The Labute approximate surface area is 125 Å². The molecule has 0 atom stereocenters. The summed E-state index contributed by atoms with van der Waals surface area (Å²) in [6.07, 6.45) is 1.70. The number of hydrogen-bond donors (Lipinski definition) is 0. The van der Waals surface area contributed by atoms with Gasteiger partial charge in [-0.25, -0.2) is 4.79 Å². The summed E-state index contributed by atoms with van der Waals surface area (Å²) in [4.78, 5) is 25.6. The van der Waals surface area contributed by atoms with Crippen molar-refractivity contribution in [2.24, 2.45) is 0 Å². The van der Waals surface area contributed by atoms with Crippen LogP contribution in [0.4, 0.5) is 0 Å². The summed E-state index contributed by atoms with van der Waals surface area (Å²) in [6.45, 7) is 1.73.